The van der Waals surface area contributed by atoms with E-state index < -0.39 is 0 Å². The van der Waals surface area contributed by atoms with Gasteiger partial charge in [-0.2, -0.15) is 0 Å². The number of hydrogen-bond acceptors (Lipinski definition) is 1. The highest BCUT2D eigenvalue weighted by Gasteiger charge is 2.29. The summed E-state index contributed by atoms with van der Waals surface area (Å²) in [5, 5.41) is 3.57. The van der Waals surface area contributed by atoms with Crippen LogP contribution in [0, 0.1) is 18.8 Å². The van der Waals surface area contributed by atoms with E-state index >= 15 is 0 Å². The van der Waals surface area contributed by atoms with Crippen LogP contribution in [0.3, 0.4) is 0 Å². The van der Waals surface area contributed by atoms with Crippen molar-refractivity contribution in [2.75, 3.05) is 13.1 Å². The Bertz CT molecular complexity index is 354. The molecule has 1 fully saturated rings. The fourth-order valence-corrected chi connectivity index (χ4v) is 3.41. The summed E-state index contributed by atoms with van der Waals surface area (Å²) in [4.78, 5) is 0. The number of piperidine rings is 1. The summed E-state index contributed by atoms with van der Waals surface area (Å²) in [6, 6.07) is 9.17. The van der Waals surface area contributed by atoms with Crippen molar-refractivity contribution in [3.05, 3.63) is 35.4 Å². The molecule has 3 atom stereocenters. The summed E-state index contributed by atoms with van der Waals surface area (Å²) < 4.78 is 0. The molecule has 0 aliphatic carbocycles. The van der Waals surface area contributed by atoms with Crippen molar-refractivity contribution in [2.45, 2.75) is 46.0 Å². The molecule has 1 aromatic carbocycles. The molecule has 1 saturated heterocycles. The minimum atomic E-state index is 0.709. The number of benzene rings is 1. The van der Waals surface area contributed by atoms with E-state index in [1.54, 1.807) is 0 Å². The lowest BCUT2D eigenvalue weighted by molar-refractivity contribution is 0.227. The monoisotopic (exact) mass is 245 g/mol. The van der Waals surface area contributed by atoms with E-state index in [0.717, 1.165) is 18.4 Å². The highest BCUT2D eigenvalue weighted by atomic mass is 14.9. The lowest BCUT2D eigenvalue weighted by atomic mass is 9.73. The average Bonchev–Trinajstić information content (AvgIpc) is 2.40. The second-order valence-corrected chi connectivity index (χ2v) is 5.94. The van der Waals surface area contributed by atoms with Crippen LogP contribution >= 0.6 is 0 Å². The van der Waals surface area contributed by atoms with E-state index in [1.165, 1.54) is 36.9 Å². The quantitative estimate of drug-likeness (QED) is 0.841. The Morgan fingerprint density at radius 3 is 2.67 bits per heavy atom. The first kappa shape index (κ1) is 13.6. The van der Waals surface area contributed by atoms with Gasteiger partial charge in [-0.05, 0) is 43.2 Å². The van der Waals surface area contributed by atoms with Gasteiger partial charge in [-0.15, -0.1) is 0 Å². The van der Waals surface area contributed by atoms with Gasteiger partial charge in [-0.25, -0.2) is 0 Å². The standard InChI is InChI=1S/C17H27N/c1-4-5-14(3)16-10-11-18-12-17(16)15-8-6-13(2)7-9-15/h6-9,14,16-18H,4-5,10-12H2,1-3H3. The lowest BCUT2D eigenvalue weighted by Gasteiger charge is -2.36. The Morgan fingerprint density at radius 2 is 2.00 bits per heavy atom. The summed E-state index contributed by atoms with van der Waals surface area (Å²) in [7, 11) is 0. The molecule has 0 spiro atoms. The molecule has 1 aromatic rings. The fraction of sp³-hybridized carbons (Fsp3) is 0.647. The maximum Gasteiger partial charge on any atom is 0.00229 e. The SMILES string of the molecule is CCCC(C)C1CCNCC1c1ccc(C)cc1. The van der Waals surface area contributed by atoms with Crippen LogP contribution in [0.15, 0.2) is 24.3 Å². The molecule has 18 heavy (non-hydrogen) atoms. The first-order valence-corrected chi connectivity index (χ1v) is 7.49. The Labute approximate surface area is 112 Å². The van der Waals surface area contributed by atoms with Crippen molar-refractivity contribution in [1.82, 2.24) is 5.32 Å². The largest absolute Gasteiger partial charge is 0.316 e. The van der Waals surface area contributed by atoms with Crippen molar-refractivity contribution in [2.24, 2.45) is 11.8 Å². The Hall–Kier alpha value is -0.820. The molecule has 1 heterocycles. The van der Waals surface area contributed by atoms with E-state index in [0.29, 0.717) is 5.92 Å². The van der Waals surface area contributed by atoms with Gasteiger partial charge in [-0.3, -0.25) is 0 Å². The maximum absolute atomic E-state index is 3.57. The predicted molar refractivity (Wildman–Crippen MR) is 79.0 cm³/mol. The van der Waals surface area contributed by atoms with E-state index in [9.17, 15) is 0 Å². The molecule has 0 bridgehead atoms. The topological polar surface area (TPSA) is 12.0 Å². The summed E-state index contributed by atoms with van der Waals surface area (Å²) in [5.74, 6) is 2.42. The molecule has 100 valence electrons. The van der Waals surface area contributed by atoms with Crippen LogP contribution in [0.25, 0.3) is 0 Å². The van der Waals surface area contributed by atoms with E-state index in [2.05, 4.69) is 50.4 Å². The number of aryl methyl sites for hydroxylation is 1. The molecular weight excluding hydrogens is 218 g/mol. The van der Waals surface area contributed by atoms with Gasteiger partial charge in [0.1, 0.15) is 0 Å². The molecule has 0 saturated carbocycles. The highest BCUT2D eigenvalue weighted by molar-refractivity contribution is 5.26. The third kappa shape index (κ3) is 3.14. The van der Waals surface area contributed by atoms with Gasteiger partial charge in [0.05, 0.1) is 0 Å². The minimum absolute atomic E-state index is 0.709. The number of hydrogen-bond donors (Lipinski definition) is 1. The zero-order valence-corrected chi connectivity index (χ0v) is 12.1. The van der Waals surface area contributed by atoms with Crippen LogP contribution in [-0.2, 0) is 0 Å². The Balaban J connectivity index is 2.14. The molecule has 3 unspecified atom stereocenters. The van der Waals surface area contributed by atoms with Crippen LogP contribution in [0.2, 0.25) is 0 Å². The maximum atomic E-state index is 3.57. The van der Waals surface area contributed by atoms with Gasteiger partial charge in [-0.1, -0.05) is 56.5 Å². The predicted octanol–water partition coefficient (Wildman–Crippen LogP) is 4.12. The molecule has 2 rings (SSSR count). The van der Waals surface area contributed by atoms with E-state index in [-0.39, 0.29) is 0 Å². The van der Waals surface area contributed by atoms with Crippen LogP contribution < -0.4 is 5.32 Å². The van der Waals surface area contributed by atoms with Crippen molar-refractivity contribution >= 4 is 0 Å². The second kappa shape index (κ2) is 6.38. The van der Waals surface area contributed by atoms with Gasteiger partial charge in [0.25, 0.3) is 0 Å². The van der Waals surface area contributed by atoms with Gasteiger partial charge in [0, 0.05) is 6.54 Å². The fourth-order valence-electron chi connectivity index (χ4n) is 3.41. The molecule has 0 amide bonds. The average molecular weight is 245 g/mol. The number of rotatable bonds is 4. The summed E-state index contributed by atoms with van der Waals surface area (Å²) in [5.41, 5.74) is 2.89. The highest BCUT2D eigenvalue weighted by Crippen LogP contribution is 2.36. The molecule has 1 heteroatoms. The molecule has 0 aromatic heterocycles. The lowest BCUT2D eigenvalue weighted by Crippen LogP contribution is -2.37. The van der Waals surface area contributed by atoms with Crippen LogP contribution in [0.1, 0.15) is 50.2 Å². The van der Waals surface area contributed by atoms with Gasteiger partial charge in [0.2, 0.25) is 0 Å². The summed E-state index contributed by atoms with van der Waals surface area (Å²) in [6.45, 7) is 9.27. The molecule has 1 aliphatic heterocycles. The third-order valence-electron chi connectivity index (χ3n) is 4.52. The van der Waals surface area contributed by atoms with Gasteiger partial charge in [0.15, 0.2) is 0 Å². The zero-order valence-electron chi connectivity index (χ0n) is 12.1. The molecular formula is C17H27N. The Kier molecular flexibility index (Phi) is 4.82. The minimum Gasteiger partial charge on any atom is -0.316 e. The smallest absolute Gasteiger partial charge is 0.00229 e. The van der Waals surface area contributed by atoms with Gasteiger partial charge < -0.3 is 5.32 Å². The Morgan fingerprint density at radius 1 is 1.28 bits per heavy atom. The summed E-state index contributed by atoms with van der Waals surface area (Å²) >= 11 is 0. The third-order valence-corrected chi connectivity index (χ3v) is 4.52. The zero-order chi connectivity index (χ0) is 13.0. The first-order valence-electron chi connectivity index (χ1n) is 7.49. The summed E-state index contributed by atoms with van der Waals surface area (Å²) in [6.07, 6.45) is 4.01. The van der Waals surface area contributed by atoms with Crippen molar-refractivity contribution in [3.8, 4) is 0 Å². The number of nitrogens with one attached hydrogen (secondary N) is 1. The van der Waals surface area contributed by atoms with Crippen molar-refractivity contribution in [1.29, 1.82) is 0 Å². The first-order chi connectivity index (χ1) is 8.72. The molecule has 1 nitrogen and oxygen atoms in total. The normalized spacial score (nSPS) is 25.9. The molecule has 1 N–H and O–H groups in total. The van der Waals surface area contributed by atoms with Crippen molar-refractivity contribution < 1.29 is 0 Å². The van der Waals surface area contributed by atoms with E-state index in [1.807, 2.05) is 0 Å². The second-order valence-electron chi connectivity index (χ2n) is 5.94. The van der Waals surface area contributed by atoms with E-state index in [4.69, 9.17) is 0 Å². The van der Waals surface area contributed by atoms with Crippen LogP contribution in [0.5, 0.6) is 0 Å². The van der Waals surface area contributed by atoms with Crippen LogP contribution in [-0.4, -0.2) is 13.1 Å². The van der Waals surface area contributed by atoms with Crippen molar-refractivity contribution in [3.63, 3.8) is 0 Å². The van der Waals surface area contributed by atoms with Crippen LogP contribution in [0.4, 0.5) is 0 Å². The molecule has 0 radical (unpaired) electrons. The van der Waals surface area contributed by atoms with Gasteiger partial charge >= 0.3 is 0 Å². The molecule has 1 aliphatic rings.